The van der Waals surface area contributed by atoms with Gasteiger partial charge in [0, 0.05) is 24.9 Å². The zero-order valence-electron chi connectivity index (χ0n) is 10.5. The number of carbonyl (C=O) groups is 1. The molecule has 0 bridgehead atoms. The van der Waals surface area contributed by atoms with Gasteiger partial charge in [-0.3, -0.25) is 9.79 Å². The van der Waals surface area contributed by atoms with Crippen LogP contribution in [-0.2, 0) is 4.79 Å². The molecular weight excluding hydrogens is 222 g/mol. The van der Waals surface area contributed by atoms with Crippen LogP contribution in [0.2, 0.25) is 0 Å². The van der Waals surface area contributed by atoms with Gasteiger partial charge in [0.2, 0.25) is 5.91 Å². The first-order valence-corrected chi connectivity index (χ1v) is 6.62. The Kier molecular flexibility index (Phi) is 4.65. The highest BCUT2D eigenvalue weighted by Crippen LogP contribution is 2.21. The van der Waals surface area contributed by atoms with E-state index in [0.29, 0.717) is 0 Å². The first-order valence-electron chi connectivity index (χ1n) is 5.64. The van der Waals surface area contributed by atoms with Crippen LogP contribution in [0.25, 0.3) is 0 Å². The standard InChI is InChI=1S/C11H21N3OS/c1-5-14(4)9(15)8-12-10-13-11(2,3)6-7-16-10/h5-8H2,1-4H3,(H,12,13). The van der Waals surface area contributed by atoms with Crippen LogP contribution in [0.1, 0.15) is 27.2 Å². The zero-order valence-corrected chi connectivity index (χ0v) is 11.4. The molecule has 1 fully saturated rings. The Morgan fingerprint density at radius 1 is 1.62 bits per heavy atom. The molecular formula is C11H21N3OS. The lowest BCUT2D eigenvalue weighted by Gasteiger charge is -2.32. The van der Waals surface area contributed by atoms with Crippen molar-refractivity contribution in [2.45, 2.75) is 32.7 Å². The van der Waals surface area contributed by atoms with Gasteiger partial charge in [-0.25, -0.2) is 0 Å². The van der Waals surface area contributed by atoms with E-state index in [-0.39, 0.29) is 18.0 Å². The fourth-order valence-corrected chi connectivity index (χ4v) is 2.62. The number of nitrogens with one attached hydrogen (secondary N) is 1. The van der Waals surface area contributed by atoms with E-state index in [9.17, 15) is 4.79 Å². The number of nitrogens with zero attached hydrogens (tertiary/aromatic N) is 2. The quantitative estimate of drug-likeness (QED) is 0.813. The van der Waals surface area contributed by atoms with E-state index in [1.54, 1.807) is 23.7 Å². The van der Waals surface area contributed by atoms with E-state index < -0.39 is 0 Å². The van der Waals surface area contributed by atoms with Crippen molar-refractivity contribution in [3.8, 4) is 0 Å². The number of amidine groups is 1. The molecule has 1 amide bonds. The third kappa shape index (κ3) is 4.04. The van der Waals surface area contributed by atoms with E-state index in [1.807, 2.05) is 6.92 Å². The molecule has 0 radical (unpaired) electrons. The predicted molar refractivity (Wildman–Crippen MR) is 69.9 cm³/mol. The van der Waals surface area contributed by atoms with Gasteiger partial charge in [0.05, 0.1) is 0 Å². The van der Waals surface area contributed by atoms with Crippen LogP contribution in [0.15, 0.2) is 4.99 Å². The van der Waals surface area contributed by atoms with E-state index in [0.717, 1.165) is 23.9 Å². The normalized spacial score (nSPS) is 21.6. The molecule has 1 saturated heterocycles. The van der Waals surface area contributed by atoms with Crippen molar-refractivity contribution in [2.24, 2.45) is 4.99 Å². The number of hydrogen-bond acceptors (Lipinski definition) is 3. The third-order valence-electron chi connectivity index (χ3n) is 2.67. The van der Waals surface area contributed by atoms with Crippen molar-refractivity contribution < 1.29 is 4.79 Å². The van der Waals surface area contributed by atoms with Crippen LogP contribution < -0.4 is 5.32 Å². The fourth-order valence-electron chi connectivity index (χ4n) is 1.31. The molecule has 0 aromatic rings. The number of aliphatic imine (C=N–C) groups is 1. The van der Waals surface area contributed by atoms with Gasteiger partial charge in [-0.15, -0.1) is 0 Å². The Labute approximate surface area is 102 Å². The molecule has 0 aromatic heterocycles. The molecule has 0 aromatic carbocycles. The molecule has 0 atom stereocenters. The Hall–Kier alpha value is -0.710. The average Bonchev–Trinajstić information content (AvgIpc) is 2.23. The lowest BCUT2D eigenvalue weighted by molar-refractivity contribution is -0.128. The zero-order chi connectivity index (χ0) is 12.2. The minimum Gasteiger partial charge on any atom is -0.360 e. The Morgan fingerprint density at radius 3 is 2.88 bits per heavy atom. The minimum atomic E-state index is 0.0702. The topological polar surface area (TPSA) is 44.7 Å². The summed E-state index contributed by atoms with van der Waals surface area (Å²) in [5.41, 5.74) is 0.101. The first kappa shape index (κ1) is 13.4. The summed E-state index contributed by atoms with van der Waals surface area (Å²) in [5.74, 6) is 1.14. The van der Waals surface area contributed by atoms with E-state index >= 15 is 0 Å². The lowest BCUT2D eigenvalue weighted by Crippen LogP contribution is -2.46. The summed E-state index contributed by atoms with van der Waals surface area (Å²) in [6.07, 6.45) is 1.12. The molecule has 0 spiro atoms. The molecule has 5 heteroatoms. The van der Waals surface area contributed by atoms with Crippen LogP contribution in [0.3, 0.4) is 0 Å². The van der Waals surface area contributed by atoms with Crippen LogP contribution in [-0.4, -0.2) is 47.4 Å². The predicted octanol–water partition coefficient (Wildman–Crippen LogP) is 1.33. The van der Waals surface area contributed by atoms with Gasteiger partial charge in [0.15, 0.2) is 5.17 Å². The van der Waals surface area contributed by atoms with Gasteiger partial charge >= 0.3 is 0 Å². The molecule has 1 aliphatic heterocycles. The molecule has 0 aliphatic carbocycles. The molecule has 1 aliphatic rings. The number of likely N-dealkylation sites (N-methyl/N-ethyl adjacent to an activating group) is 1. The number of carbonyl (C=O) groups excluding carboxylic acids is 1. The summed E-state index contributed by atoms with van der Waals surface area (Å²) in [7, 11) is 1.80. The van der Waals surface area contributed by atoms with Gasteiger partial charge in [0.1, 0.15) is 6.54 Å². The van der Waals surface area contributed by atoms with E-state index in [4.69, 9.17) is 0 Å². The van der Waals surface area contributed by atoms with Gasteiger partial charge in [0.25, 0.3) is 0 Å². The number of thioether (sulfide) groups is 1. The molecule has 1 heterocycles. The second-order valence-electron chi connectivity index (χ2n) is 4.64. The van der Waals surface area contributed by atoms with Crippen molar-refractivity contribution in [1.29, 1.82) is 0 Å². The lowest BCUT2D eigenvalue weighted by atomic mass is 10.0. The van der Waals surface area contributed by atoms with Gasteiger partial charge in [-0.1, -0.05) is 11.8 Å². The van der Waals surface area contributed by atoms with Crippen molar-refractivity contribution in [2.75, 3.05) is 25.9 Å². The molecule has 1 rings (SSSR count). The van der Waals surface area contributed by atoms with Crippen molar-refractivity contribution in [1.82, 2.24) is 10.2 Å². The third-order valence-corrected chi connectivity index (χ3v) is 3.58. The van der Waals surface area contributed by atoms with Crippen molar-refractivity contribution >= 4 is 22.8 Å². The summed E-state index contributed by atoms with van der Waals surface area (Å²) in [6, 6.07) is 0. The Balaban J connectivity index is 2.48. The second-order valence-corrected chi connectivity index (χ2v) is 5.72. The fraction of sp³-hybridized carbons (Fsp3) is 0.818. The summed E-state index contributed by atoms with van der Waals surface area (Å²) >= 11 is 1.69. The van der Waals surface area contributed by atoms with Crippen LogP contribution >= 0.6 is 11.8 Å². The maximum atomic E-state index is 11.6. The first-order chi connectivity index (χ1) is 7.44. The van der Waals surface area contributed by atoms with E-state index in [1.165, 1.54) is 0 Å². The Morgan fingerprint density at radius 2 is 2.31 bits per heavy atom. The number of hydrogen-bond donors (Lipinski definition) is 1. The molecule has 1 N–H and O–H groups in total. The maximum Gasteiger partial charge on any atom is 0.244 e. The second kappa shape index (κ2) is 5.57. The van der Waals surface area contributed by atoms with Crippen molar-refractivity contribution in [3.05, 3.63) is 0 Å². The number of rotatable bonds is 3. The largest absolute Gasteiger partial charge is 0.360 e. The monoisotopic (exact) mass is 243 g/mol. The van der Waals surface area contributed by atoms with Crippen LogP contribution in [0, 0.1) is 0 Å². The molecule has 16 heavy (non-hydrogen) atoms. The average molecular weight is 243 g/mol. The smallest absolute Gasteiger partial charge is 0.244 e. The summed E-state index contributed by atoms with van der Waals surface area (Å²) < 4.78 is 0. The van der Waals surface area contributed by atoms with Crippen molar-refractivity contribution in [3.63, 3.8) is 0 Å². The van der Waals surface area contributed by atoms with Gasteiger partial charge < -0.3 is 10.2 Å². The van der Waals surface area contributed by atoms with Gasteiger partial charge in [-0.2, -0.15) is 0 Å². The molecule has 0 unspecified atom stereocenters. The molecule has 92 valence electrons. The highest BCUT2D eigenvalue weighted by Gasteiger charge is 2.24. The maximum absolute atomic E-state index is 11.6. The summed E-state index contributed by atoms with van der Waals surface area (Å²) in [4.78, 5) is 17.6. The molecule has 0 saturated carbocycles. The van der Waals surface area contributed by atoms with Crippen LogP contribution in [0.4, 0.5) is 0 Å². The minimum absolute atomic E-state index is 0.0702. The number of amides is 1. The van der Waals surface area contributed by atoms with Gasteiger partial charge in [-0.05, 0) is 27.2 Å². The SMILES string of the molecule is CCN(C)C(=O)CN=C1NC(C)(C)CCS1. The highest BCUT2D eigenvalue weighted by atomic mass is 32.2. The summed E-state index contributed by atoms with van der Waals surface area (Å²) in [5, 5.41) is 4.24. The summed E-state index contributed by atoms with van der Waals surface area (Å²) in [6.45, 7) is 7.25. The molecule has 4 nitrogen and oxygen atoms in total. The Bertz CT molecular complexity index is 289. The van der Waals surface area contributed by atoms with E-state index in [2.05, 4.69) is 24.2 Å². The highest BCUT2D eigenvalue weighted by molar-refractivity contribution is 8.13. The van der Waals surface area contributed by atoms with Crippen LogP contribution in [0.5, 0.6) is 0 Å².